The van der Waals surface area contributed by atoms with Crippen LogP contribution in [0.1, 0.15) is 11.6 Å². The smallest absolute Gasteiger partial charge is 0.214 e. The molecule has 1 aromatic heterocycles. The average molecular weight is 336 g/mol. The second-order valence-corrected chi connectivity index (χ2v) is 5.88. The number of rotatable bonds is 5. The van der Waals surface area contributed by atoms with Gasteiger partial charge in [-0.05, 0) is 29.8 Å². The van der Waals surface area contributed by atoms with E-state index < -0.39 is 5.95 Å². The molecule has 1 aliphatic rings. The van der Waals surface area contributed by atoms with Gasteiger partial charge in [-0.1, -0.05) is 29.8 Å². The standard InChI is InChI=1S/C17H19ClFN3O/c18-14-6-4-13(5-7-14)15(22-8-10-23-11-9-22)12-20-17-3-1-2-16(19)21-17/h1-7,15H,8-12H2,(H,20,21). The number of nitrogens with zero attached hydrogens (tertiary/aromatic N) is 2. The number of morpholine rings is 1. The number of hydrogen-bond donors (Lipinski definition) is 1. The Morgan fingerprint density at radius 3 is 2.61 bits per heavy atom. The summed E-state index contributed by atoms with van der Waals surface area (Å²) in [5.74, 6) is 0.0571. The molecule has 1 aliphatic heterocycles. The maximum absolute atomic E-state index is 13.2. The Balaban J connectivity index is 1.75. The number of hydrogen-bond acceptors (Lipinski definition) is 4. The van der Waals surface area contributed by atoms with Gasteiger partial charge in [0.2, 0.25) is 5.95 Å². The van der Waals surface area contributed by atoms with Crippen molar-refractivity contribution in [3.63, 3.8) is 0 Å². The summed E-state index contributed by atoms with van der Waals surface area (Å²) in [6.45, 7) is 3.82. The number of ether oxygens (including phenoxy) is 1. The van der Waals surface area contributed by atoms with Crippen LogP contribution in [0.2, 0.25) is 5.02 Å². The highest BCUT2D eigenvalue weighted by atomic mass is 35.5. The molecule has 0 aliphatic carbocycles. The lowest BCUT2D eigenvalue weighted by Crippen LogP contribution is -2.41. The van der Waals surface area contributed by atoms with Crippen molar-refractivity contribution in [3.05, 3.63) is 59.0 Å². The quantitative estimate of drug-likeness (QED) is 0.850. The summed E-state index contributed by atoms with van der Waals surface area (Å²) in [5.41, 5.74) is 1.17. The first-order chi connectivity index (χ1) is 11.2. The molecule has 1 unspecified atom stereocenters. The van der Waals surface area contributed by atoms with E-state index in [0.717, 1.165) is 26.3 Å². The molecule has 0 radical (unpaired) electrons. The highest BCUT2D eigenvalue weighted by Gasteiger charge is 2.22. The first-order valence-corrected chi connectivity index (χ1v) is 8.04. The van der Waals surface area contributed by atoms with E-state index in [4.69, 9.17) is 16.3 Å². The van der Waals surface area contributed by atoms with Crippen molar-refractivity contribution in [2.75, 3.05) is 38.2 Å². The maximum atomic E-state index is 13.2. The predicted octanol–water partition coefficient (Wildman–Crippen LogP) is 3.36. The van der Waals surface area contributed by atoms with Gasteiger partial charge in [-0.15, -0.1) is 0 Å². The second-order valence-electron chi connectivity index (χ2n) is 5.44. The van der Waals surface area contributed by atoms with Crippen LogP contribution in [0.25, 0.3) is 0 Å². The zero-order valence-electron chi connectivity index (χ0n) is 12.7. The molecule has 1 atom stereocenters. The molecule has 4 nitrogen and oxygen atoms in total. The third-order valence-corrected chi connectivity index (χ3v) is 4.18. The molecule has 2 aromatic rings. The Bertz CT molecular complexity index is 632. The van der Waals surface area contributed by atoms with Crippen molar-refractivity contribution in [1.82, 2.24) is 9.88 Å². The lowest BCUT2D eigenvalue weighted by atomic mass is 10.0. The minimum Gasteiger partial charge on any atom is -0.379 e. The molecule has 2 heterocycles. The summed E-state index contributed by atoms with van der Waals surface area (Å²) in [6.07, 6.45) is 0. The highest BCUT2D eigenvalue weighted by Crippen LogP contribution is 2.24. The minimum absolute atomic E-state index is 0.154. The normalized spacial score (nSPS) is 17.0. The van der Waals surface area contributed by atoms with Crippen molar-refractivity contribution in [2.24, 2.45) is 0 Å². The van der Waals surface area contributed by atoms with E-state index in [1.165, 1.54) is 11.6 Å². The molecule has 1 fully saturated rings. The Labute approximate surface area is 140 Å². The second kappa shape index (κ2) is 7.73. The largest absolute Gasteiger partial charge is 0.379 e. The fourth-order valence-corrected chi connectivity index (χ4v) is 2.87. The molecule has 6 heteroatoms. The highest BCUT2D eigenvalue weighted by molar-refractivity contribution is 6.30. The molecule has 122 valence electrons. The van der Waals surface area contributed by atoms with Gasteiger partial charge in [0, 0.05) is 24.7 Å². The van der Waals surface area contributed by atoms with Crippen molar-refractivity contribution < 1.29 is 9.13 Å². The molecule has 23 heavy (non-hydrogen) atoms. The number of aromatic nitrogens is 1. The van der Waals surface area contributed by atoms with Crippen molar-refractivity contribution >= 4 is 17.4 Å². The van der Waals surface area contributed by atoms with Gasteiger partial charge < -0.3 is 10.1 Å². The van der Waals surface area contributed by atoms with Gasteiger partial charge in [-0.25, -0.2) is 4.98 Å². The molecule has 0 amide bonds. The van der Waals surface area contributed by atoms with Gasteiger partial charge in [0.05, 0.1) is 19.3 Å². The first-order valence-electron chi connectivity index (χ1n) is 7.66. The van der Waals surface area contributed by atoms with Crippen LogP contribution >= 0.6 is 11.6 Å². The number of benzene rings is 1. The van der Waals surface area contributed by atoms with Crippen LogP contribution in [0.15, 0.2) is 42.5 Å². The van der Waals surface area contributed by atoms with Crippen LogP contribution in [0.5, 0.6) is 0 Å². The van der Waals surface area contributed by atoms with Crippen LogP contribution in [0, 0.1) is 5.95 Å². The van der Waals surface area contributed by atoms with E-state index in [2.05, 4.69) is 15.2 Å². The van der Waals surface area contributed by atoms with Gasteiger partial charge in [-0.3, -0.25) is 4.90 Å². The molecule has 0 spiro atoms. The van der Waals surface area contributed by atoms with Gasteiger partial charge in [0.25, 0.3) is 0 Å². The minimum atomic E-state index is -0.482. The SMILES string of the molecule is Fc1cccc(NCC(c2ccc(Cl)cc2)N2CCOCC2)n1. The van der Waals surface area contributed by atoms with E-state index >= 15 is 0 Å². The lowest BCUT2D eigenvalue weighted by molar-refractivity contribution is 0.0187. The van der Waals surface area contributed by atoms with E-state index in [0.29, 0.717) is 17.4 Å². The summed E-state index contributed by atoms with van der Waals surface area (Å²) in [7, 11) is 0. The van der Waals surface area contributed by atoms with E-state index in [1.807, 2.05) is 24.3 Å². The number of pyridine rings is 1. The Kier molecular flexibility index (Phi) is 5.43. The third-order valence-electron chi connectivity index (χ3n) is 3.93. The number of nitrogens with one attached hydrogen (secondary N) is 1. The molecule has 1 N–H and O–H groups in total. The van der Waals surface area contributed by atoms with Crippen molar-refractivity contribution in [3.8, 4) is 0 Å². The summed E-state index contributed by atoms with van der Waals surface area (Å²) in [6, 6.07) is 12.8. The fraction of sp³-hybridized carbons (Fsp3) is 0.353. The topological polar surface area (TPSA) is 37.4 Å². The average Bonchev–Trinajstić information content (AvgIpc) is 2.58. The first kappa shape index (κ1) is 16.2. The predicted molar refractivity (Wildman–Crippen MR) is 89.3 cm³/mol. The summed E-state index contributed by atoms with van der Waals surface area (Å²) in [4.78, 5) is 6.22. The van der Waals surface area contributed by atoms with Gasteiger partial charge in [-0.2, -0.15) is 4.39 Å². The molecule has 0 saturated carbocycles. The lowest BCUT2D eigenvalue weighted by Gasteiger charge is -2.35. The van der Waals surface area contributed by atoms with Crippen LogP contribution in [0.4, 0.5) is 10.2 Å². The third kappa shape index (κ3) is 4.41. The van der Waals surface area contributed by atoms with Crippen LogP contribution < -0.4 is 5.32 Å². The maximum Gasteiger partial charge on any atom is 0.214 e. The van der Waals surface area contributed by atoms with Crippen LogP contribution in [0.3, 0.4) is 0 Å². The number of anilines is 1. The number of halogens is 2. The van der Waals surface area contributed by atoms with Crippen LogP contribution in [-0.2, 0) is 4.74 Å². The van der Waals surface area contributed by atoms with Crippen LogP contribution in [-0.4, -0.2) is 42.7 Å². The Hall–Kier alpha value is -1.69. The summed E-state index contributed by atoms with van der Waals surface area (Å²) in [5, 5.41) is 3.95. The van der Waals surface area contributed by atoms with E-state index in [-0.39, 0.29) is 6.04 Å². The van der Waals surface area contributed by atoms with Crippen molar-refractivity contribution in [2.45, 2.75) is 6.04 Å². The van der Waals surface area contributed by atoms with Crippen molar-refractivity contribution in [1.29, 1.82) is 0 Å². The fourth-order valence-electron chi connectivity index (χ4n) is 2.74. The van der Waals surface area contributed by atoms with Gasteiger partial charge in [0.1, 0.15) is 5.82 Å². The van der Waals surface area contributed by atoms with Gasteiger partial charge in [0.15, 0.2) is 0 Å². The monoisotopic (exact) mass is 335 g/mol. The summed E-state index contributed by atoms with van der Waals surface area (Å²) >= 11 is 5.99. The zero-order chi connectivity index (χ0) is 16.1. The molecule has 1 saturated heterocycles. The Morgan fingerprint density at radius 1 is 1.17 bits per heavy atom. The Morgan fingerprint density at radius 2 is 1.91 bits per heavy atom. The van der Waals surface area contributed by atoms with E-state index in [9.17, 15) is 4.39 Å². The molecular weight excluding hydrogens is 317 g/mol. The summed E-state index contributed by atoms with van der Waals surface area (Å²) < 4.78 is 18.7. The van der Waals surface area contributed by atoms with Gasteiger partial charge >= 0.3 is 0 Å². The molecule has 0 bridgehead atoms. The molecule has 3 rings (SSSR count). The zero-order valence-corrected chi connectivity index (χ0v) is 13.5. The van der Waals surface area contributed by atoms with E-state index in [1.54, 1.807) is 12.1 Å². The molecule has 1 aromatic carbocycles. The molecular formula is C17H19ClFN3O.